The quantitative estimate of drug-likeness (QED) is 0.242. The Morgan fingerprint density at radius 2 is 1.81 bits per heavy atom. The van der Waals surface area contributed by atoms with E-state index in [1.165, 1.54) is 10.5 Å². The monoisotopic (exact) mass is 562 g/mol. The Labute approximate surface area is 223 Å². The summed E-state index contributed by atoms with van der Waals surface area (Å²) in [7, 11) is 0. The number of likely N-dealkylation sites (tertiary alicyclic amines) is 1. The van der Waals surface area contributed by atoms with Crippen LogP contribution in [-0.4, -0.2) is 34.0 Å². The Kier molecular flexibility index (Phi) is 8.15. The number of hydrogen-bond acceptors (Lipinski definition) is 6. The first-order valence-corrected chi connectivity index (χ1v) is 13.8. The fraction of sp³-hybridized carbons (Fsp3) is 0.250. The Bertz CT molecular complexity index is 1290. The Morgan fingerprint density at radius 1 is 1.03 bits per heavy atom. The van der Waals surface area contributed by atoms with Gasteiger partial charge in [0, 0.05) is 32.3 Å². The number of carbonyl (C=O) groups excluding carboxylic acids is 1. The molecule has 0 saturated carbocycles. The first kappa shape index (κ1) is 24.7. The SMILES string of the molecule is O=C(Nc1ccc(CSc2ccccc2)cc1)C1CCN(Cc2nc(-c3cccc(Br)c3)no2)CC1. The third kappa shape index (κ3) is 6.63. The highest BCUT2D eigenvalue weighted by Gasteiger charge is 2.26. The molecular formula is C28H27BrN4O2S. The van der Waals surface area contributed by atoms with E-state index in [-0.39, 0.29) is 11.8 Å². The summed E-state index contributed by atoms with van der Waals surface area (Å²) in [5.74, 6) is 2.19. The number of aromatic nitrogens is 2. The number of anilines is 1. The summed E-state index contributed by atoms with van der Waals surface area (Å²) in [6.07, 6.45) is 1.62. The van der Waals surface area contributed by atoms with Crippen LogP contribution in [0.2, 0.25) is 0 Å². The highest BCUT2D eigenvalue weighted by molar-refractivity contribution is 9.10. The molecule has 0 unspecified atom stereocenters. The molecule has 36 heavy (non-hydrogen) atoms. The minimum Gasteiger partial charge on any atom is -0.338 e. The maximum absolute atomic E-state index is 12.8. The third-order valence-corrected chi connectivity index (χ3v) is 7.81. The number of carbonyl (C=O) groups is 1. The van der Waals surface area contributed by atoms with Crippen LogP contribution in [0.4, 0.5) is 5.69 Å². The molecule has 5 rings (SSSR count). The number of piperidine rings is 1. The molecule has 2 heterocycles. The molecule has 0 aliphatic carbocycles. The zero-order chi connectivity index (χ0) is 24.7. The molecule has 4 aromatic rings. The predicted molar refractivity (Wildman–Crippen MR) is 147 cm³/mol. The van der Waals surface area contributed by atoms with Gasteiger partial charge < -0.3 is 9.84 Å². The van der Waals surface area contributed by atoms with Crippen LogP contribution in [0.1, 0.15) is 24.3 Å². The lowest BCUT2D eigenvalue weighted by Gasteiger charge is -2.30. The van der Waals surface area contributed by atoms with Gasteiger partial charge in [0.25, 0.3) is 0 Å². The number of amides is 1. The fourth-order valence-electron chi connectivity index (χ4n) is 4.22. The van der Waals surface area contributed by atoms with Gasteiger partial charge in [0.2, 0.25) is 17.6 Å². The number of rotatable bonds is 8. The van der Waals surface area contributed by atoms with Gasteiger partial charge in [-0.1, -0.05) is 63.6 Å². The molecule has 0 atom stereocenters. The van der Waals surface area contributed by atoms with Crippen molar-refractivity contribution in [3.05, 3.63) is 94.8 Å². The fourth-order valence-corrected chi connectivity index (χ4v) is 5.50. The number of benzene rings is 3. The van der Waals surface area contributed by atoms with Crippen molar-refractivity contribution in [1.82, 2.24) is 15.0 Å². The van der Waals surface area contributed by atoms with Gasteiger partial charge in [0.05, 0.1) is 6.54 Å². The van der Waals surface area contributed by atoms with E-state index in [0.29, 0.717) is 18.3 Å². The van der Waals surface area contributed by atoms with Crippen molar-refractivity contribution in [1.29, 1.82) is 0 Å². The minimum atomic E-state index is 0.00878. The van der Waals surface area contributed by atoms with Gasteiger partial charge in [-0.2, -0.15) is 4.98 Å². The summed E-state index contributed by atoms with van der Waals surface area (Å²) >= 11 is 5.28. The van der Waals surface area contributed by atoms with Gasteiger partial charge in [-0.25, -0.2) is 0 Å². The molecule has 0 bridgehead atoms. The van der Waals surface area contributed by atoms with E-state index < -0.39 is 0 Å². The third-order valence-electron chi connectivity index (χ3n) is 6.24. The standard InChI is InChI=1S/C28H27BrN4O2S/c29-23-6-4-5-22(17-23)27-31-26(35-32-27)18-33-15-13-21(14-16-33)28(34)30-24-11-9-20(10-12-24)19-36-25-7-2-1-3-8-25/h1-12,17,21H,13-16,18-19H2,(H,30,34). The molecule has 6 nitrogen and oxygen atoms in total. The number of nitrogens with one attached hydrogen (secondary N) is 1. The molecule has 8 heteroatoms. The van der Waals surface area contributed by atoms with Crippen LogP contribution in [0.5, 0.6) is 0 Å². The largest absolute Gasteiger partial charge is 0.338 e. The first-order chi connectivity index (χ1) is 17.6. The summed E-state index contributed by atoms with van der Waals surface area (Å²) < 4.78 is 6.44. The smallest absolute Gasteiger partial charge is 0.241 e. The lowest BCUT2D eigenvalue weighted by molar-refractivity contribution is -0.121. The van der Waals surface area contributed by atoms with Gasteiger partial charge in [0.1, 0.15) is 0 Å². The van der Waals surface area contributed by atoms with E-state index in [9.17, 15) is 4.79 Å². The predicted octanol–water partition coefficient (Wildman–Crippen LogP) is 6.64. The van der Waals surface area contributed by atoms with Crippen molar-refractivity contribution >= 4 is 39.3 Å². The van der Waals surface area contributed by atoms with E-state index in [0.717, 1.165) is 47.4 Å². The normalized spacial score (nSPS) is 14.6. The van der Waals surface area contributed by atoms with Crippen LogP contribution in [0.15, 0.2) is 92.8 Å². The van der Waals surface area contributed by atoms with Crippen LogP contribution in [0.25, 0.3) is 11.4 Å². The number of halogens is 1. The average Bonchev–Trinajstić information content (AvgIpc) is 3.38. The van der Waals surface area contributed by atoms with Crippen LogP contribution >= 0.6 is 27.7 Å². The second-order valence-corrected chi connectivity index (χ2v) is 10.8. The lowest BCUT2D eigenvalue weighted by Crippen LogP contribution is -2.37. The molecule has 1 aliphatic rings. The molecule has 1 amide bonds. The Morgan fingerprint density at radius 3 is 2.56 bits per heavy atom. The number of hydrogen-bond donors (Lipinski definition) is 1. The van der Waals surface area contributed by atoms with Crippen molar-refractivity contribution in [3.8, 4) is 11.4 Å². The highest BCUT2D eigenvalue weighted by Crippen LogP contribution is 2.25. The molecule has 3 aromatic carbocycles. The summed E-state index contributed by atoms with van der Waals surface area (Å²) in [5.41, 5.74) is 3.00. The lowest BCUT2D eigenvalue weighted by atomic mass is 9.96. The second kappa shape index (κ2) is 11.9. The second-order valence-electron chi connectivity index (χ2n) is 8.86. The van der Waals surface area contributed by atoms with Crippen molar-refractivity contribution in [2.45, 2.75) is 30.0 Å². The van der Waals surface area contributed by atoms with E-state index in [1.807, 2.05) is 54.2 Å². The van der Waals surface area contributed by atoms with E-state index >= 15 is 0 Å². The minimum absolute atomic E-state index is 0.00878. The highest BCUT2D eigenvalue weighted by atomic mass is 79.9. The summed E-state index contributed by atoms with van der Waals surface area (Å²) in [6, 6.07) is 26.4. The maximum Gasteiger partial charge on any atom is 0.241 e. The van der Waals surface area contributed by atoms with Gasteiger partial charge in [-0.15, -0.1) is 11.8 Å². The molecular weight excluding hydrogens is 536 g/mol. The molecule has 184 valence electrons. The van der Waals surface area contributed by atoms with Crippen molar-refractivity contribution in [2.75, 3.05) is 18.4 Å². The maximum atomic E-state index is 12.8. The molecule has 1 fully saturated rings. The van der Waals surface area contributed by atoms with Gasteiger partial charge in [-0.05, 0) is 67.9 Å². The van der Waals surface area contributed by atoms with Crippen molar-refractivity contribution in [3.63, 3.8) is 0 Å². The van der Waals surface area contributed by atoms with Crippen molar-refractivity contribution < 1.29 is 9.32 Å². The van der Waals surface area contributed by atoms with Crippen molar-refractivity contribution in [2.24, 2.45) is 5.92 Å². The number of thioether (sulfide) groups is 1. The summed E-state index contributed by atoms with van der Waals surface area (Å²) in [4.78, 5) is 20.9. The Hall–Kier alpha value is -2.94. The topological polar surface area (TPSA) is 71.3 Å². The van der Waals surface area contributed by atoms with Crippen LogP contribution in [0.3, 0.4) is 0 Å². The average molecular weight is 564 g/mol. The van der Waals surface area contributed by atoms with Crippen LogP contribution in [0, 0.1) is 5.92 Å². The number of nitrogens with zero attached hydrogens (tertiary/aromatic N) is 3. The van der Waals surface area contributed by atoms with Gasteiger partial charge >= 0.3 is 0 Å². The van der Waals surface area contributed by atoms with Crippen LogP contribution in [-0.2, 0) is 17.1 Å². The van der Waals surface area contributed by atoms with Crippen LogP contribution < -0.4 is 5.32 Å². The van der Waals surface area contributed by atoms with Gasteiger partial charge in [0.15, 0.2) is 0 Å². The Balaban J connectivity index is 1.07. The summed E-state index contributed by atoms with van der Waals surface area (Å²) in [5, 5.41) is 7.21. The molecule has 1 saturated heterocycles. The molecule has 1 aromatic heterocycles. The zero-order valence-corrected chi connectivity index (χ0v) is 22.2. The van der Waals surface area contributed by atoms with E-state index in [2.05, 4.69) is 72.7 Å². The molecule has 0 radical (unpaired) electrons. The first-order valence-electron chi connectivity index (χ1n) is 12.0. The molecule has 1 aliphatic heterocycles. The van der Waals surface area contributed by atoms with E-state index in [1.54, 1.807) is 0 Å². The zero-order valence-electron chi connectivity index (χ0n) is 19.8. The van der Waals surface area contributed by atoms with Gasteiger partial charge in [-0.3, -0.25) is 9.69 Å². The molecule has 1 N–H and O–H groups in total. The molecule has 0 spiro atoms. The van der Waals surface area contributed by atoms with E-state index in [4.69, 9.17) is 4.52 Å². The summed E-state index contributed by atoms with van der Waals surface area (Å²) in [6.45, 7) is 2.24.